The second kappa shape index (κ2) is 11.3. The maximum atomic E-state index is 13.3. The van der Waals surface area contributed by atoms with E-state index in [1.54, 1.807) is 41.7 Å². The molecule has 0 saturated heterocycles. The van der Waals surface area contributed by atoms with E-state index in [0.29, 0.717) is 18.7 Å². The standard InChI is InChI=1S/C23H34N4O5/c1-15-11-27(16(2)14-28)23(31)19-9-18(8-7-17(3)29)10-24-22(19)32-20(15)12-26(6)21(30)13-25(4)5/h9-10,15-17,20,28-29H,11-14H2,1-6H3/t15-,16-,17-,20-/m1/s1. The molecule has 1 aromatic heterocycles. The van der Waals surface area contributed by atoms with Crippen LogP contribution in [0.2, 0.25) is 0 Å². The lowest BCUT2D eigenvalue weighted by Crippen LogP contribution is -2.51. The first-order chi connectivity index (χ1) is 15.0. The number of hydrogen-bond acceptors (Lipinski definition) is 7. The Hall–Kier alpha value is -2.67. The van der Waals surface area contributed by atoms with Crippen LogP contribution >= 0.6 is 0 Å². The van der Waals surface area contributed by atoms with Crippen LogP contribution in [-0.4, -0.2) is 107 Å². The molecular formula is C23H34N4O5. The van der Waals surface area contributed by atoms with Gasteiger partial charge in [-0.05, 0) is 34.0 Å². The number of fused-ring (bicyclic) bond motifs is 1. The third-order valence-electron chi connectivity index (χ3n) is 5.28. The van der Waals surface area contributed by atoms with Gasteiger partial charge < -0.3 is 29.6 Å². The Morgan fingerprint density at radius 2 is 2.06 bits per heavy atom. The topological polar surface area (TPSA) is 106 Å². The molecule has 0 fully saturated rings. The second-order valence-electron chi connectivity index (χ2n) is 8.66. The van der Waals surface area contributed by atoms with Crippen LogP contribution in [0, 0.1) is 17.8 Å². The zero-order valence-electron chi connectivity index (χ0n) is 19.7. The summed E-state index contributed by atoms with van der Waals surface area (Å²) in [5.74, 6) is 5.13. The van der Waals surface area contributed by atoms with Gasteiger partial charge in [0.25, 0.3) is 5.91 Å². The molecule has 1 aromatic rings. The molecule has 9 nitrogen and oxygen atoms in total. The Bertz CT molecular complexity index is 877. The highest BCUT2D eigenvalue weighted by Crippen LogP contribution is 2.27. The first-order valence-corrected chi connectivity index (χ1v) is 10.7. The molecule has 176 valence electrons. The average Bonchev–Trinajstić information content (AvgIpc) is 2.73. The van der Waals surface area contributed by atoms with Crippen molar-refractivity contribution in [1.29, 1.82) is 0 Å². The Morgan fingerprint density at radius 1 is 1.38 bits per heavy atom. The van der Waals surface area contributed by atoms with Gasteiger partial charge in [-0.3, -0.25) is 9.59 Å². The summed E-state index contributed by atoms with van der Waals surface area (Å²) in [7, 11) is 5.39. The summed E-state index contributed by atoms with van der Waals surface area (Å²) in [6, 6.07) is 1.18. The Labute approximate surface area is 190 Å². The van der Waals surface area contributed by atoms with E-state index >= 15 is 0 Å². The summed E-state index contributed by atoms with van der Waals surface area (Å²) in [6.45, 7) is 6.05. The van der Waals surface area contributed by atoms with Crippen LogP contribution in [0.25, 0.3) is 0 Å². The third kappa shape index (κ3) is 6.66. The summed E-state index contributed by atoms with van der Waals surface area (Å²) < 4.78 is 6.16. The highest BCUT2D eigenvalue weighted by atomic mass is 16.5. The average molecular weight is 447 g/mol. The summed E-state index contributed by atoms with van der Waals surface area (Å²) in [6.07, 6.45) is 0.273. The van der Waals surface area contributed by atoms with E-state index in [4.69, 9.17) is 4.74 Å². The van der Waals surface area contributed by atoms with E-state index in [0.717, 1.165) is 0 Å². The van der Waals surface area contributed by atoms with E-state index in [9.17, 15) is 19.8 Å². The number of ether oxygens (including phenoxy) is 1. The van der Waals surface area contributed by atoms with Crippen molar-refractivity contribution in [3.8, 4) is 17.7 Å². The van der Waals surface area contributed by atoms with E-state index in [1.165, 1.54) is 6.20 Å². The van der Waals surface area contributed by atoms with Gasteiger partial charge in [0, 0.05) is 31.3 Å². The lowest BCUT2D eigenvalue weighted by atomic mass is 10.00. The van der Waals surface area contributed by atoms with Crippen molar-refractivity contribution in [2.45, 2.75) is 39.0 Å². The van der Waals surface area contributed by atoms with E-state index in [2.05, 4.69) is 16.8 Å². The molecule has 32 heavy (non-hydrogen) atoms. The zero-order valence-corrected chi connectivity index (χ0v) is 19.7. The maximum Gasteiger partial charge on any atom is 0.259 e. The normalized spacial score (nSPS) is 20.3. The van der Waals surface area contributed by atoms with Crippen molar-refractivity contribution in [2.24, 2.45) is 5.92 Å². The summed E-state index contributed by atoms with van der Waals surface area (Å²) in [5, 5.41) is 19.1. The van der Waals surface area contributed by atoms with Gasteiger partial charge in [0.05, 0.1) is 25.7 Å². The number of aliphatic hydroxyl groups is 2. The fourth-order valence-corrected chi connectivity index (χ4v) is 3.34. The monoisotopic (exact) mass is 446 g/mol. The van der Waals surface area contributed by atoms with Gasteiger partial charge >= 0.3 is 0 Å². The van der Waals surface area contributed by atoms with Gasteiger partial charge in [0.2, 0.25) is 11.8 Å². The molecule has 4 atom stereocenters. The van der Waals surface area contributed by atoms with Crippen molar-refractivity contribution in [3.63, 3.8) is 0 Å². The van der Waals surface area contributed by atoms with Crippen LogP contribution in [0.15, 0.2) is 12.3 Å². The smallest absolute Gasteiger partial charge is 0.259 e. The number of likely N-dealkylation sites (N-methyl/N-ethyl adjacent to an activating group) is 2. The number of hydrogen-bond donors (Lipinski definition) is 2. The lowest BCUT2D eigenvalue weighted by molar-refractivity contribution is -0.132. The Balaban J connectivity index is 2.42. The van der Waals surface area contributed by atoms with E-state index in [-0.39, 0.29) is 42.3 Å². The lowest BCUT2D eigenvalue weighted by Gasteiger charge is -2.37. The number of carbonyl (C=O) groups excluding carboxylic acids is 2. The molecule has 0 aromatic carbocycles. The van der Waals surface area contributed by atoms with Crippen LogP contribution in [0.1, 0.15) is 36.7 Å². The van der Waals surface area contributed by atoms with Crippen LogP contribution < -0.4 is 4.74 Å². The minimum absolute atomic E-state index is 0.0403. The molecule has 1 aliphatic rings. The summed E-state index contributed by atoms with van der Waals surface area (Å²) in [4.78, 5) is 35.1. The fraction of sp³-hybridized carbons (Fsp3) is 0.609. The quantitative estimate of drug-likeness (QED) is 0.595. The highest BCUT2D eigenvalue weighted by molar-refractivity contribution is 5.97. The number of pyridine rings is 1. The van der Waals surface area contributed by atoms with E-state index < -0.39 is 18.2 Å². The first kappa shape index (κ1) is 25.6. The van der Waals surface area contributed by atoms with Crippen LogP contribution in [0.4, 0.5) is 0 Å². The van der Waals surface area contributed by atoms with Gasteiger partial charge in [-0.15, -0.1) is 0 Å². The molecule has 2 N–H and O–H groups in total. The zero-order chi connectivity index (χ0) is 24.0. The summed E-state index contributed by atoms with van der Waals surface area (Å²) in [5.41, 5.74) is 0.712. The first-order valence-electron chi connectivity index (χ1n) is 10.7. The van der Waals surface area contributed by atoms with Crippen LogP contribution in [0.5, 0.6) is 5.88 Å². The van der Waals surface area contributed by atoms with Crippen molar-refractivity contribution in [1.82, 2.24) is 19.7 Å². The van der Waals surface area contributed by atoms with E-state index in [1.807, 2.05) is 21.0 Å². The Morgan fingerprint density at radius 3 is 2.66 bits per heavy atom. The molecular weight excluding hydrogens is 412 g/mol. The van der Waals surface area contributed by atoms with Gasteiger partial charge in [0.1, 0.15) is 17.8 Å². The molecule has 0 aliphatic carbocycles. The van der Waals surface area contributed by atoms with Gasteiger partial charge in [0.15, 0.2) is 0 Å². The minimum atomic E-state index is -0.810. The van der Waals surface area contributed by atoms with Gasteiger partial charge in [-0.25, -0.2) is 4.98 Å². The SMILES string of the molecule is C[C@@H]1CN([C@H](C)CO)C(=O)c2cc(C#C[C@@H](C)O)cnc2O[C@@H]1CN(C)C(=O)CN(C)C. The molecule has 2 amide bonds. The van der Waals surface area contributed by atoms with Crippen LogP contribution in [0.3, 0.4) is 0 Å². The molecule has 2 rings (SSSR count). The number of nitrogens with zero attached hydrogens (tertiary/aromatic N) is 4. The molecule has 0 unspecified atom stereocenters. The second-order valence-corrected chi connectivity index (χ2v) is 8.66. The molecule has 0 spiro atoms. The molecule has 9 heteroatoms. The number of amides is 2. The third-order valence-corrected chi connectivity index (χ3v) is 5.28. The molecule has 2 heterocycles. The Kier molecular flexibility index (Phi) is 9.01. The predicted molar refractivity (Wildman–Crippen MR) is 120 cm³/mol. The van der Waals surface area contributed by atoms with Crippen LogP contribution in [-0.2, 0) is 4.79 Å². The highest BCUT2D eigenvalue weighted by Gasteiger charge is 2.34. The molecule has 1 aliphatic heterocycles. The molecule has 0 radical (unpaired) electrons. The van der Waals surface area contributed by atoms with Gasteiger partial charge in [-0.2, -0.15) is 0 Å². The van der Waals surface area contributed by atoms with Gasteiger partial charge in [-0.1, -0.05) is 18.8 Å². The largest absolute Gasteiger partial charge is 0.472 e. The van der Waals surface area contributed by atoms with Crippen molar-refractivity contribution >= 4 is 11.8 Å². The van der Waals surface area contributed by atoms with Crippen molar-refractivity contribution < 1.29 is 24.5 Å². The molecule has 0 saturated carbocycles. The summed E-state index contributed by atoms with van der Waals surface area (Å²) >= 11 is 0. The fourth-order valence-electron chi connectivity index (χ4n) is 3.34. The minimum Gasteiger partial charge on any atom is -0.472 e. The molecule has 0 bridgehead atoms. The number of aliphatic hydroxyl groups excluding tert-OH is 2. The van der Waals surface area contributed by atoms with Crippen molar-refractivity contribution in [3.05, 3.63) is 23.4 Å². The number of aromatic nitrogens is 1. The number of rotatable bonds is 6. The number of carbonyl (C=O) groups is 2. The van der Waals surface area contributed by atoms with Crippen molar-refractivity contribution in [2.75, 3.05) is 47.4 Å². The predicted octanol–water partition coefficient (Wildman–Crippen LogP) is 0.0540. The maximum absolute atomic E-state index is 13.3.